The first kappa shape index (κ1) is 11.8. The van der Waals surface area contributed by atoms with E-state index in [0.29, 0.717) is 19.8 Å². The lowest BCUT2D eigenvalue weighted by molar-refractivity contribution is -0.0983. The quantitative estimate of drug-likeness (QED) is 0.555. The van der Waals surface area contributed by atoms with Gasteiger partial charge in [0.1, 0.15) is 19.1 Å². The largest absolute Gasteiger partial charge is 0.394 e. The van der Waals surface area contributed by atoms with E-state index in [4.69, 9.17) is 19.7 Å². The van der Waals surface area contributed by atoms with Crippen LogP contribution in [0, 0.1) is 0 Å². The molecule has 2 heterocycles. The molecule has 0 aromatic rings. The zero-order chi connectivity index (χ0) is 11.5. The maximum absolute atomic E-state index is 9.59. The van der Waals surface area contributed by atoms with Gasteiger partial charge in [-0.15, -0.1) is 0 Å². The second-order valence-electron chi connectivity index (χ2n) is 4.05. The summed E-state index contributed by atoms with van der Waals surface area (Å²) >= 11 is 0. The molecule has 2 aliphatic rings. The molecular formula is C10H17NO5. The van der Waals surface area contributed by atoms with E-state index in [2.05, 4.69) is 0 Å². The molecule has 1 saturated heterocycles. The first-order valence-corrected chi connectivity index (χ1v) is 5.33. The second kappa shape index (κ2) is 5.11. The van der Waals surface area contributed by atoms with Gasteiger partial charge in [0.15, 0.2) is 0 Å². The Hall–Kier alpha value is -0.660. The van der Waals surface area contributed by atoms with Crippen LogP contribution >= 0.6 is 0 Å². The lowest BCUT2D eigenvalue weighted by atomic mass is 10.2. The number of aliphatic hydroxyl groups excluding tert-OH is 3. The zero-order valence-electron chi connectivity index (χ0n) is 8.95. The molecule has 0 radical (unpaired) electrons. The van der Waals surface area contributed by atoms with Gasteiger partial charge in [-0.1, -0.05) is 0 Å². The SMILES string of the molecule is OCC1=CN([C@H]2CC(O)[C@@H](CO)O2)COC1. The number of hydrogen-bond acceptors (Lipinski definition) is 6. The van der Waals surface area contributed by atoms with E-state index in [1.54, 1.807) is 11.1 Å². The van der Waals surface area contributed by atoms with Crippen molar-refractivity contribution in [3.8, 4) is 0 Å². The van der Waals surface area contributed by atoms with Gasteiger partial charge in [0.2, 0.25) is 0 Å². The van der Waals surface area contributed by atoms with Crippen LogP contribution < -0.4 is 0 Å². The summed E-state index contributed by atoms with van der Waals surface area (Å²) in [4.78, 5) is 1.79. The highest BCUT2D eigenvalue weighted by Gasteiger charge is 2.36. The molecule has 6 heteroatoms. The second-order valence-corrected chi connectivity index (χ2v) is 4.05. The molecule has 3 N–H and O–H groups in total. The Kier molecular flexibility index (Phi) is 3.78. The third-order valence-electron chi connectivity index (χ3n) is 2.83. The zero-order valence-corrected chi connectivity index (χ0v) is 8.95. The lowest BCUT2D eigenvalue weighted by Gasteiger charge is -2.31. The van der Waals surface area contributed by atoms with Crippen molar-refractivity contribution in [2.24, 2.45) is 0 Å². The van der Waals surface area contributed by atoms with Gasteiger partial charge >= 0.3 is 0 Å². The molecule has 6 nitrogen and oxygen atoms in total. The summed E-state index contributed by atoms with van der Waals surface area (Å²) < 4.78 is 10.8. The van der Waals surface area contributed by atoms with Gasteiger partial charge in [0.25, 0.3) is 0 Å². The van der Waals surface area contributed by atoms with Crippen LogP contribution in [0.3, 0.4) is 0 Å². The molecule has 0 bridgehead atoms. The molecule has 1 fully saturated rings. The Labute approximate surface area is 93.7 Å². The molecular weight excluding hydrogens is 214 g/mol. The number of rotatable bonds is 3. The number of hydrogen-bond donors (Lipinski definition) is 3. The first-order valence-electron chi connectivity index (χ1n) is 5.33. The van der Waals surface area contributed by atoms with Crippen LogP contribution in [0.2, 0.25) is 0 Å². The molecule has 0 aromatic carbocycles. The average molecular weight is 231 g/mol. The molecule has 2 rings (SSSR count). The Bertz CT molecular complexity index is 270. The highest BCUT2D eigenvalue weighted by Crippen LogP contribution is 2.25. The summed E-state index contributed by atoms with van der Waals surface area (Å²) in [6, 6.07) is 0. The van der Waals surface area contributed by atoms with E-state index in [0.717, 1.165) is 5.57 Å². The van der Waals surface area contributed by atoms with Gasteiger partial charge in [0.05, 0.1) is 25.9 Å². The van der Waals surface area contributed by atoms with Crippen molar-refractivity contribution in [3.05, 3.63) is 11.8 Å². The molecule has 3 atom stereocenters. The Morgan fingerprint density at radius 3 is 2.88 bits per heavy atom. The maximum Gasteiger partial charge on any atom is 0.134 e. The summed E-state index contributed by atoms with van der Waals surface area (Å²) in [6.07, 6.45) is 0.750. The van der Waals surface area contributed by atoms with Crippen molar-refractivity contribution in [2.75, 3.05) is 26.6 Å². The summed E-state index contributed by atoms with van der Waals surface area (Å²) in [5, 5.41) is 27.5. The van der Waals surface area contributed by atoms with Gasteiger partial charge in [-0.3, -0.25) is 0 Å². The first-order chi connectivity index (χ1) is 7.74. The van der Waals surface area contributed by atoms with Crippen molar-refractivity contribution >= 4 is 0 Å². The van der Waals surface area contributed by atoms with E-state index in [1.807, 2.05) is 0 Å². The molecule has 2 aliphatic heterocycles. The fraction of sp³-hybridized carbons (Fsp3) is 0.800. The monoisotopic (exact) mass is 231 g/mol. The summed E-state index contributed by atoms with van der Waals surface area (Å²) in [6.45, 7) is 0.558. The minimum absolute atomic E-state index is 0.0464. The predicted octanol–water partition coefficient (Wildman–Crippen LogP) is -1.38. The Balaban J connectivity index is 1.98. The number of nitrogens with zero attached hydrogens (tertiary/aromatic N) is 1. The Morgan fingerprint density at radius 2 is 2.25 bits per heavy atom. The van der Waals surface area contributed by atoms with Crippen molar-refractivity contribution in [3.63, 3.8) is 0 Å². The van der Waals surface area contributed by atoms with Crippen molar-refractivity contribution < 1.29 is 24.8 Å². The van der Waals surface area contributed by atoms with Crippen molar-refractivity contribution in [1.82, 2.24) is 4.90 Å². The third-order valence-corrected chi connectivity index (χ3v) is 2.83. The minimum Gasteiger partial charge on any atom is -0.394 e. The van der Waals surface area contributed by atoms with Crippen LogP contribution in [0.15, 0.2) is 11.8 Å². The van der Waals surface area contributed by atoms with E-state index < -0.39 is 12.2 Å². The smallest absolute Gasteiger partial charge is 0.134 e. The molecule has 0 spiro atoms. The molecule has 1 unspecified atom stereocenters. The summed E-state index contributed by atoms with van der Waals surface area (Å²) in [5.41, 5.74) is 0.775. The van der Waals surface area contributed by atoms with Crippen LogP contribution in [-0.4, -0.2) is 65.2 Å². The lowest BCUT2D eigenvalue weighted by Crippen LogP contribution is -2.37. The van der Waals surface area contributed by atoms with E-state index in [1.165, 1.54) is 0 Å². The Morgan fingerprint density at radius 1 is 1.44 bits per heavy atom. The van der Waals surface area contributed by atoms with Gasteiger partial charge in [-0.25, -0.2) is 0 Å². The van der Waals surface area contributed by atoms with E-state index in [9.17, 15) is 5.11 Å². The normalized spacial score (nSPS) is 35.3. The standard InChI is InChI=1S/C10H17NO5/c12-3-7-2-11(6-15-5-7)10-1-8(14)9(4-13)16-10/h2,8-10,12-14H,1,3-6H2/t8?,9-,10-/m1/s1. The van der Waals surface area contributed by atoms with Gasteiger partial charge in [0, 0.05) is 12.6 Å². The molecule has 16 heavy (non-hydrogen) atoms. The molecule has 0 saturated carbocycles. The summed E-state index contributed by atoms with van der Waals surface area (Å²) in [5.74, 6) is 0. The van der Waals surface area contributed by atoms with Gasteiger partial charge < -0.3 is 29.7 Å². The third kappa shape index (κ3) is 2.36. The van der Waals surface area contributed by atoms with E-state index >= 15 is 0 Å². The minimum atomic E-state index is -0.650. The number of aliphatic hydroxyl groups is 3. The maximum atomic E-state index is 9.59. The number of ether oxygens (including phenoxy) is 2. The van der Waals surface area contributed by atoms with Crippen LogP contribution in [-0.2, 0) is 9.47 Å². The molecule has 92 valence electrons. The van der Waals surface area contributed by atoms with E-state index in [-0.39, 0.29) is 19.4 Å². The fourth-order valence-corrected chi connectivity index (χ4v) is 1.93. The molecule has 0 aliphatic carbocycles. The molecule has 0 amide bonds. The van der Waals surface area contributed by atoms with Crippen molar-refractivity contribution in [1.29, 1.82) is 0 Å². The highest BCUT2D eigenvalue weighted by atomic mass is 16.6. The average Bonchev–Trinajstić information content (AvgIpc) is 2.71. The summed E-state index contributed by atoms with van der Waals surface area (Å²) in [7, 11) is 0. The predicted molar refractivity (Wildman–Crippen MR) is 54.2 cm³/mol. The van der Waals surface area contributed by atoms with Crippen LogP contribution in [0.25, 0.3) is 0 Å². The fourth-order valence-electron chi connectivity index (χ4n) is 1.93. The van der Waals surface area contributed by atoms with Gasteiger partial charge in [-0.2, -0.15) is 0 Å². The van der Waals surface area contributed by atoms with Crippen molar-refractivity contribution in [2.45, 2.75) is 24.9 Å². The topological polar surface area (TPSA) is 82.4 Å². The van der Waals surface area contributed by atoms with Crippen LogP contribution in [0.5, 0.6) is 0 Å². The van der Waals surface area contributed by atoms with Crippen LogP contribution in [0.4, 0.5) is 0 Å². The van der Waals surface area contributed by atoms with Gasteiger partial charge in [-0.05, 0) is 5.57 Å². The van der Waals surface area contributed by atoms with Crippen LogP contribution in [0.1, 0.15) is 6.42 Å². The molecule has 0 aromatic heterocycles. The highest BCUT2D eigenvalue weighted by molar-refractivity contribution is 5.05.